The van der Waals surface area contributed by atoms with Crippen LogP contribution in [-0.2, 0) is 6.42 Å². The van der Waals surface area contributed by atoms with E-state index in [2.05, 4.69) is 25.8 Å². The van der Waals surface area contributed by atoms with Crippen molar-refractivity contribution in [2.75, 3.05) is 0 Å². The molecule has 15 heavy (non-hydrogen) atoms. The Morgan fingerprint density at radius 3 is 2.20 bits per heavy atom. The monoisotopic (exact) mass is 227 g/mol. The maximum absolute atomic E-state index is 9.70. The second kappa shape index (κ2) is 5.08. The highest BCUT2D eigenvalue weighted by Gasteiger charge is 2.21. The number of aliphatic hydroxyl groups excluding tert-OH is 1. The zero-order valence-corrected chi connectivity index (χ0v) is 11.1. The van der Waals surface area contributed by atoms with Crippen molar-refractivity contribution < 1.29 is 5.11 Å². The molecule has 0 spiro atoms. The molecule has 0 amide bonds. The van der Waals surface area contributed by atoms with Crippen molar-refractivity contribution >= 4 is 11.3 Å². The molecule has 2 unspecified atom stereocenters. The number of thiazole rings is 1. The summed E-state index contributed by atoms with van der Waals surface area (Å²) in [4.78, 5) is 5.81. The lowest BCUT2D eigenvalue weighted by molar-refractivity contribution is 0.0976. The maximum atomic E-state index is 9.70. The van der Waals surface area contributed by atoms with Crippen LogP contribution in [0.1, 0.15) is 36.3 Å². The fourth-order valence-corrected chi connectivity index (χ4v) is 2.80. The predicted molar refractivity (Wildman–Crippen MR) is 65.3 cm³/mol. The second-order valence-corrected chi connectivity index (χ2v) is 5.89. The van der Waals surface area contributed by atoms with Gasteiger partial charge in [0, 0.05) is 11.3 Å². The lowest BCUT2D eigenvalue weighted by Crippen LogP contribution is -2.24. The lowest BCUT2D eigenvalue weighted by Gasteiger charge is -2.22. The summed E-state index contributed by atoms with van der Waals surface area (Å²) in [6.07, 6.45) is 0.642. The Morgan fingerprint density at radius 2 is 1.87 bits per heavy atom. The van der Waals surface area contributed by atoms with Crippen LogP contribution >= 0.6 is 11.3 Å². The third-order valence-corrected chi connectivity index (χ3v) is 4.05. The van der Waals surface area contributed by atoms with Crippen molar-refractivity contribution in [2.45, 2.75) is 47.1 Å². The molecule has 0 bridgehead atoms. The highest BCUT2D eigenvalue weighted by molar-refractivity contribution is 7.11. The van der Waals surface area contributed by atoms with E-state index < -0.39 is 0 Å². The molecule has 0 fully saturated rings. The van der Waals surface area contributed by atoms with Crippen LogP contribution in [0.5, 0.6) is 0 Å². The number of aromatic nitrogens is 1. The normalized spacial score (nSPS) is 15.7. The largest absolute Gasteiger partial charge is 0.393 e. The number of rotatable bonds is 4. The molecule has 1 heterocycles. The van der Waals surface area contributed by atoms with E-state index >= 15 is 0 Å². The summed E-state index contributed by atoms with van der Waals surface area (Å²) in [5.74, 6) is 0.810. The minimum Gasteiger partial charge on any atom is -0.393 e. The molecule has 0 saturated carbocycles. The molecule has 0 aliphatic rings. The average Bonchev–Trinajstić information content (AvgIpc) is 2.41. The summed E-state index contributed by atoms with van der Waals surface area (Å²) in [5, 5.41) is 10.9. The third kappa shape index (κ3) is 3.28. The van der Waals surface area contributed by atoms with Gasteiger partial charge in [0.05, 0.1) is 16.8 Å². The van der Waals surface area contributed by atoms with Crippen molar-refractivity contribution in [2.24, 2.45) is 11.8 Å². The van der Waals surface area contributed by atoms with Crippen LogP contribution in [0.15, 0.2) is 0 Å². The van der Waals surface area contributed by atoms with Gasteiger partial charge in [-0.1, -0.05) is 13.8 Å². The van der Waals surface area contributed by atoms with Gasteiger partial charge in [-0.2, -0.15) is 0 Å². The molecule has 0 radical (unpaired) electrons. The standard InChI is InChI=1S/C12H21NOS/c1-7(2)11(9(4)14)6-12-13-8(3)10(5)15-12/h7,9,11,14H,6H2,1-5H3. The van der Waals surface area contributed by atoms with Crippen LogP contribution in [0.4, 0.5) is 0 Å². The fraction of sp³-hybridized carbons (Fsp3) is 0.750. The predicted octanol–water partition coefficient (Wildman–Crippen LogP) is 2.96. The molecule has 1 aromatic heterocycles. The first-order valence-electron chi connectivity index (χ1n) is 5.52. The number of nitrogens with zero attached hydrogens (tertiary/aromatic N) is 1. The SMILES string of the molecule is Cc1nc(CC(C(C)C)C(C)O)sc1C. The minimum absolute atomic E-state index is 0.255. The summed E-state index contributed by atoms with van der Waals surface area (Å²) >= 11 is 1.76. The lowest BCUT2D eigenvalue weighted by atomic mass is 9.88. The van der Waals surface area contributed by atoms with Gasteiger partial charge < -0.3 is 5.11 Å². The van der Waals surface area contributed by atoms with E-state index in [1.165, 1.54) is 4.88 Å². The molecular formula is C12H21NOS. The molecule has 0 saturated heterocycles. The molecular weight excluding hydrogens is 206 g/mol. The summed E-state index contributed by atoms with van der Waals surface area (Å²) in [6, 6.07) is 0. The number of aryl methyl sites for hydroxylation is 2. The molecule has 3 heteroatoms. The Morgan fingerprint density at radius 1 is 1.27 bits per heavy atom. The van der Waals surface area contributed by atoms with Crippen LogP contribution < -0.4 is 0 Å². The first-order valence-corrected chi connectivity index (χ1v) is 6.34. The van der Waals surface area contributed by atoms with Crippen molar-refractivity contribution in [3.8, 4) is 0 Å². The van der Waals surface area contributed by atoms with E-state index in [4.69, 9.17) is 0 Å². The van der Waals surface area contributed by atoms with Crippen LogP contribution in [0.25, 0.3) is 0 Å². The zero-order valence-electron chi connectivity index (χ0n) is 10.2. The molecule has 1 N–H and O–H groups in total. The van der Waals surface area contributed by atoms with Gasteiger partial charge in [0.2, 0.25) is 0 Å². The highest BCUT2D eigenvalue weighted by Crippen LogP contribution is 2.25. The van der Waals surface area contributed by atoms with E-state index in [1.54, 1.807) is 11.3 Å². The van der Waals surface area contributed by atoms with Gasteiger partial charge in [0.1, 0.15) is 0 Å². The Labute approximate surface area is 96.4 Å². The van der Waals surface area contributed by atoms with Gasteiger partial charge in [-0.3, -0.25) is 0 Å². The van der Waals surface area contributed by atoms with Gasteiger partial charge in [0.25, 0.3) is 0 Å². The van der Waals surface area contributed by atoms with Gasteiger partial charge in [0.15, 0.2) is 0 Å². The van der Waals surface area contributed by atoms with Gasteiger partial charge >= 0.3 is 0 Å². The molecule has 86 valence electrons. The molecule has 0 aromatic carbocycles. The van der Waals surface area contributed by atoms with Gasteiger partial charge in [-0.25, -0.2) is 4.98 Å². The van der Waals surface area contributed by atoms with E-state index in [0.717, 1.165) is 17.1 Å². The molecule has 1 aromatic rings. The Kier molecular flexibility index (Phi) is 4.29. The number of aliphatic hydroxyl groups is 1. The smallest absolute Gasteiger partial charge is 0.0934 e. The summed E-state index contributed by atoms with van der Waals surface area (Å²) < 4.78 is 0. The molecule has 1 rings (SSSR count). The van der Waals surface area contributed by atoms with E-state index in [0.29, 0.717) is 11.8 Å². The molecule has 2 nitrogen and oxygen atoms in total. The average molecular weight is 227 g/mol. The summed E-state index contributed by atoms with van der Waals surface area (Å²) in [6.45, 7) is 10.3. The first kappa shape index (κ1) is 12.7. The molecule has 0 aliphatic heterocycles. The molecule has 0 aliphatic carbocycles. The zero-order chi connectivity index (χ0) is 11.6. The second-order valence-electron chi connectivity index (χ2n) is 4.60. The van der Waals surface area contributed by atoms with Crippen LogP contribution in [0.2, 0.25) is 0 Å². The van der Waals surface area contributed by atoms with Crippen molar-refractivity contribution in [3.63, 3.8) is 0 Å². The Balaban J connectivity index is 2.74. The van der Waals surface area contributed by atoms with E-state index in [1.807, 2.05) is 13.8 Å². The van der Waals surface area contributed by atoms with Crippen molar-refractivity contribution in [1.29, 1.82) is 0 Å². The summed E-state index contributed by atoms with van der Waals surface area (Å²) in [5.41, 5.74) is 1.13. The summed E-state index contributed by atoms with van der Waals surface area (Å²) in [7, 11) is 0. The number of hydrogen-bond acceptors (Lipinski definition) is 3. The van der Waals surface area contributed by atoms with Crippen LogP contribution in [0.3, 0.4) is 0 Å². The highest BCUT2D eigenvalue weighted by atomic mass is 32.1. The maximum Gasteiger partial charge on any atom is 0.0934 e. The van der Waals surface area contributed by atoms with Gasteiger partial charge in [-0.05, 0) is 32.6 Å². The fourth-order valence-electron chi connectivity index (χ4n) is 1.79. The van der Waals surface area contributed by atoms with Crippen molar-refractivity contribution in [3.05, 3.63) is 15.6 Å². The minimum atomic E-state index is -0.255. The van der Waals surface area contributed by atoms with Crippen LogP contribution in [-0.4, -0.2) is 16.2 Å². The Hall–Kier alpha value is -0.410. The van der Waals surface area contributed by atoms with Crippen LogP contribution in [0, 0.1) is 25.7 Å². The van der Waals surface area contributed by atoms with E-state index in [9.17, 15) is 5.11 Å². The number of hydrogen-bond donors (Lipinski definition) is 1. The van der Waals surface area contributed by atoms with E-state index in [-0.39, 0.29) is 6.10 Å². The quantitative estimate of drug-likeness (QED) is 0.858. The first-order chi connectivity index (χ1) is 6.91. The van der Waals surface area contributed by atoms with Gasteiger partial charge in [-0.15, -0.1) is 11.3 Å². The molecule has 2 atom stereocenters. The topological polar surface area (TPSA) is 33.1 Å². The van der Waals surface area contributed by atoms with Crippen molar-refractivity contribution in [1.82, 2.24) is 4.98 Å². The Bertz CT molecular complexity index is 290. The third-order valence-electron chi connectivity index (χ3n) is 2.96.